The smallest absolute Gasteiger partial charge is 0.385 e. The Labute approximate surface area is 51.8 Å². The van der Waals surface area contributed by atoms with Gasteiger partial charge < -0.3 is 4.74 Å². The van der Waals surface area contributed by atoms with Gasteiger partial charge in [0.15, 0.2) is 0 Å². The largest absolute Gasteiger partial charge is 0.392 e. The molecule has 0 heterocycles. The fourth-order valence-electron chi connectivity index (χ4n) is 0.340. The summed E-state index contributed by atoms with van der Waals surface area (Å²) in [5.74, 6) is 0. The number of ether oxygens (including phenoxy) is 1. The van der Waals surface area contributed by atoms with E-state index in [9.17, 15) is 13.2 Å². The maximum atomic E-state index is 11.3. The van der Waals surface area contributed by atoms with Crippen molar-refractivity contribution in [2.45, 2.75) is 12.6 Å². The molecule has 0 rings (SSSR count). The van der Waals surface area contributed by atoms with Crippen molar-refractivity contribution in [1.82, 2.24) is 0 Å². The standard InChI is InChI=1S/C5H8F3O/c1-9-4-2-3-5(6,7)8/h3H,2,4H2,1H3. The first-order chi connectivity index (χ1) is 4.06. The third-order valence-electron chi connectivity index (χ3n) is 0.698. The molecule has 1 radical (unpaired) electrons. The van der Waals surface area contributed by atoms with Crippen LogP contribution in [0.1, 0.15) is 6.42 Å². The summed E-state index contributed by atoms with van der Waals surface area (Å²) in [6.07, 6.45) is -3.95. The highest BCUT2D eigenvalue weighted by Crippen LogP contribution is 2.19. The number of methoxy groups -OCH3 is 1. The lowest BCUT2D eigenvalue weighted by Crippen LogP contribution is -2.09. The number of hydrogen-bond acceptors (Lipinski definition) is 1. The van der Waals surface area contributed by atoms with Gasteiger partial charge in [0.25, 0.3) is 0 Å². The number of halogens is 3. The van der Waals surface area contributed by atoms with E-state index in [-0.39, 0.29) is 19.4 Å². The Bertz CT molecular complexity index is 69.1. The van der Waals surface area contributed by atoms with Crippen molar-refractivity contribution < 1.29 is 17.9 Å². The Morgan fingerprint density at radius 3 is 2.33 bits per heavy atom. The fraction of sp³-hybridized carbons (Fsp3) is 0.800. The topological polar surface area (TPSA) is 9.23 Å². The van der Waals surface area contributed by atoms with Crippen LogP contribution in [0.25, 0.3) is 0 Å². The van der Waals surface area contributed by atoms with E-state index < -0.39 is 6.18 Å². The molecule has 0 aliphatic carbocycles. The van der Waals surface area contributed by atoms with E-state index in [1.54, 1.807) is 0 Å². The quantitative estimate of drug-likeness (QED) is 0.544. The molecule has 0 bridgehead atoms. The van der Waals surface area contributed by atoms with Gasteiger partial charge in [0, 0.05) is 13.7 Å². The molecule has 0 aromatic carbocycles. The molecule has 0 atom stereocenters. The lowest BCUT2D eigenvalue weighted by Gasteiger charge is -2.02. The van der Waals surface area contributed by atoms with Crippen molar-refractivity contribution in [2.24, 2.45) is 0 Å². The summed E-state index contributed by atoms with van der Waals surface area (Å²) in [6.45, 7) is 0.125. The van der Waals surface area contributed by atoms with Gasteiger partial charge in [-0.05, 0) is 6.42 Å². The maximum Gasteiger partial charge on any atom is 0.392 e. The number of alkyl halides is 3. The minimum atomic E-state index is -4.15. The molecule has 0 aromatic heterocycles. The van der Waals surface area contributed by atoms with Crippen molar-refractivity contribution >= 4 is 0 Å². The Hall–Kier alpha value is -0.250. The first-order valence-corrected chi connectivity index (χ1v) is 2.46. The summed E-state index contributed by atoms with van der Waals surface area (Å²) in [5.41, 5.74) is 0. The van der Waals surface area contributed by atoms with Crippen LogP contribution in [-0.4, -0.2) is 19.9 Å². The molecular weight excluding hydrogens is 133 g/mol. The van der Waals surface area contributed by atoms with Gasteiger partial charge in [0.1, 0.15) is 0 Å². The molecule has 0 unspecified atom stereocenters. The van der Waals surface area contributed by atoms with Crippen molar-refractivity contribution in [3.8, 4) is 0 Å². The zero-order valence-electron chi connectivity index (χ0n) is 5.03. The van der Waals surface area contributed by atoms with Crippen LogP contribution in [0.3, 0.4) is 0 Å². The van der Waals surface area contributed by atoms with Crippen molar-refractivity contribution in [1.29, 1.82) is 0 Å². The summed E-state index contributed by atoms with van der Waals surface area (Å²) in [6, 6.07) is 0. The predicted molar refractivity (Wildman–Crippen MR) is 26.8 cm³/mol. The van der Waals surface area contributed by atoms with Gasteiger partial charge in [-0.2, -0.15) is 13.2 Å². The Morgan fingerprint density at radius 1 is 1.44 bits per heavy atom. The van der Waals surface area contributed by atoms with E-state index in [1.165, 1.54) is 7.11 Å². The molecule has 0 spiro atoms. The molecule has 0 amide bonds. The molecule has 0 aliphatic rings. The first kappa shape index (κ1) is 8.75. The monoisotopic (exact) mass is 141 g/mol. The highest BCUT2D eigenvalue weighted by Gasteiger charge is 2.26. The summed E-state index contributed by atoms with van der Waals surface area (Å²) < 4.78 is 38.2. The molecule has 55 valence electrons. The molecule has 0 fully saturated rings. The zero-order chi connectivity index (χ0) is 7.33. The van der Waals surface area contributed by atoms with Crippen LogP contribution in [0.4, 0.5) is 13.2 Å². The van der Waals surface area contributed by atoms with Gasteiger partial charge in [0.2, 0.25) is 0 Å². The number of hydrogen-bond donors (Lipinski definition) is 0. The molecular formula is C5H8F3O. The van der Waals surface area contributed by atoms with Crippen LogP contribution in [0.5, 0.6) is 0 Å². The fourth-order valence-corrected chi connectivity index (χ4v) is 0.340. The summed E-state index contributed by atoms with van der Waals surface area (Å²) in [7, 11) is 1.37. The predicted octanol–water partition coefficient (Wildman–Crippen LogP) is 1.79. The Morgan fingerprint density at radius 2 is 2.00 bits per heavy atom. The Kier molecular flexibility index (Phi) is 3.61. The summed E-state index contributed by atoms with van der Waals surface area (Å²) >= 11 is 0. The van der Waals surface area contributed by atoms with Crippen LogP contribution < -0.4 is 0 Å². The van der Waals surface area contributed by atoms with Crippen molar-refractivity contribution in [3.63, 3.8) is 0 Å². The van der Waals surface area contributed by atoms with Gasteiger partial charge >= 0.3 is 6.18 Å². The molecule has 0 N–H and O–H groups in total. The molecule has 0 aromatic rings. The second-order valence-corrected chi connectivity index (χ2v) is 1.53. The number of rotatable bonds is 3. The van der Waals surface area contributed by atoms with Crippen LogP contribution in [0, 0.1) is 6.42 Å². The first-order valence-electron chi connectivity index (χ1n) is 2.46. The maximum absolute atomic E-state index is 11.3. The van der Waals surface area contributed by atoms with E-state index in [0.717, 1.165) is 0 Å². The molecule has 0 saturated heterocycles. The van der Waals surface area contributed by atoms with Crippen LogP contribution >= 0.6 is 0 Å². The average molecular weight is 141 g/mol. The highest BCUT2D eigenvalue weighted by molar-refractivity contribution is 4.73. The van der Waals surface area contributed by atoms with Crippen LogP contribution in [0.2, 0.25) is 0 Å². The van der Waals surface area contributed by atoms with Gasteiger partial charge in [-0.3, -0.25) is 0 Å². The lowest BCUT2D eigenvalue weighted by atomic mass is 10.3. The van der Waals surface area contributed by atoms with E-state index in [1.807, 2.05) is 0 Å². The van der Waals surface area contributed by atoms with E-state index in [4.69, 9.17) is 0 Å². The van der Waals surface area contributed by atoms with Crippen molar-refractivity contribution in [3.05, 3.63) is 6.42 Å². The Balaban J connectivity index is 3.07. The van der Waals surface area contributed by atoms with Gasteiger partial charge in [-0.1, -0.05) is 0 Å². The van der Waals surface area contributed by atoms with E-state index in [0.29, 0.717) is 0 Å². The third kappa shape index (κ3) is 7.75. The van der Waals surface area contributed by atoms with E-state index in [2.05, 4.69) is 4.74 Å². The SMILES string of the molecule is COCC[CH]C(F)(F)F. The molecule has 0 aliphatic heterocycles. The van der Waals surface area contributed by atoms with Crippen molar-refractivity contribution in [2.75, 3.05) is 13.7 Å². The second-order valence-electron chi connectivity index (χ2n) is 1.53. The van der Waals surface area contributed by atoms with Gasteiger partial charge in [-0.25, -0.2) is 0 Å². The molecule has 9 heavy (non-hydrogen) atoms. The minimum Gasteiger partial charge on any atom is -0.385 e. The van der Waals surface area contributed by atoms with Gasteiger partial charge in [0.05, 0.1) is 6.42 Å². The highest BCUT2D eigenvalue weighted by atomic mass is 19.4. The molecule has 0 saturated carbocycles. The summed E-state index contributed by atoms with van der Waals surface area (Å²) in [4.78, 5) is 0. The lowest BCUT2D eigenvalue weighted by molar-refractivity contribution is -0.0996. The van der Waals surface area contributed by atoms with Crippen LogP contribution in [-0.2, 0) is 4.74 Å². The average Bonchev–Trinajstić information content (AvgIpc) is 1.63. The second kappa shape index (κ2) is 3.71. The van der Waals surface area contributed by atoms with Crippen LogP contribution in [0.15, 0.2) is 0 Å². The third-order valence-corrected chi connectivity index (χ3v) is 0.698. The zero-order valence-corrected chi connectivity index (χ0v) is 5.03. The summed E-state index contributed by atoms with van der Waals surface area (Å²) in [5, 5.41) is 0. The van der Waals surface area contributed by atoms with Gasteiger partial charge in [-0.15, -0.1) is 0 Å². The normalized spacial score (nSPS) is 12.0. The minimum absolute atomic E-state index is 0.0694. The van der Waals surface area contributed by atoms with E-state index >= 15 is 0 Å². The molecule has 1 nitrogen and oxygen atoms in total. The molecule has 4 heteroatoms.